The van der Waals surface area contributed by atoms with Gasteiger partial charge in [0.2, 0.25) is 11.8 Å². The lowest BCUT2D eigenvalue weighted by molar-refractivity contribution is -0.129. The molecule has 2 amide bonds. The van der Waals surface area contributed by atoms with Gasteiger partial charge in [0.15, 0.2) is 5.17 Å². The number of methoxy groups -OCH3 is 1. The van der Waals surface area contributed by atoms with Crippen LogP contribution in [0.25, 0.3) is 0 Å². The number of hydrogen-bond donors (Lipinski definition) is 1. The number of thioether (sulfide) groups is 1. The Labute approximate surface area is 179 Å². The molecular weight excluding hydrogens is 410 g/mol. The standard InChI is InChI=1S/C21H22ClN3O3S/c1-4-25-19(26)12-18(20(27)24-16-7-5-6-8-17(16)28-3)29-21(25)23-14-10-9-13(2)15(22)11-14/h5-11,18H,4,12H2,1-3H3,(H,24,27). The number of hydrogen-bond acceptors (Lipinski definition) is 5. The highest BCUT2D eigenvalue weighted by Crippen LogP contribution is 2.32. The second-order valence-corrected chi connectivity index (χ2v) is 8.04. The SMILES string of the molecule is CCN1C(=O)CC(C(=O)Nc2ccccc2OC)SC1=Nc1ccc(C)c(Cl)c1. The number of aryl methyl sites for hydroxylation is 1. The number of nitrogens with one attached hydrogen (secondary N) is 1. The number of aliphatic imine (C=N–C) groups is 1. The second kappa shape index (κ2) is 9.33. The Morgan fingerprint density at radius 1 is 1.34 bits per heavy atom. The number of para-hydroxylation sites is 2. The first-order valence-corrected chi connectivity index (χ1v) is 10.4. The van der Waals surface area contributed by atoms with Crippen LogP contribution < -0.4 is 10.1 Å². The Morgan fingerprint density at radius 2 is 2.10 bits per heavy atom. The molecule has 1 fully saturated rings. The number of nitrogens with zero attached hydrogens (tertiary/aromatic N) is 2. The highest BCUT2D eigenvalue weighted by molar-refractivity contribution is 8.15. The number of carbonyl (C=O) groups is 2. The van der Waals surface area contributed by atoms with Gasteiger partial charge in [-0.3, -0.25) is 14.5 Å². The van der Waals surface area contributed by atoms with Crippen molar-refractivity contribution in [1.29, 1.82) is 0 Å². The summed E-state index contributed by atoms with van der Waals surface area (Å²) in [6.45, 7) is 4.27. The molecule has 152 valence electrons. The van der Waals surface area contributed by atoms with E-state index in [1.165, 1.54) is 11.8 Å². The van der Waals surface area contributed by atoms with E-state index in [4.69, 9.17) is 16.3 Å². The van der Waals surface area contributed by atoms with Crippen molar-refractivity contribution in [2.45, 2.75) is 25.5 Å². The number of anilines is 1. The van der Waals surface area contributed by atoms with Gasteiger partial charge in [-0.05, 0) is 43.7 Å². The molecule has 0 bridgehead atoms. The summed E-state index contributed by atoms with van der Waals surface area (Å²) in [5.74, 6) is 0.160. The third-order valence-electron chi connectivity index (χ3n) is 4.49. The van der Waals surface area contributed by atoms with Crippen LogP contribution in [0.15, 0.2) is 47.5 Å². The van der Waals surface area contributed by atoms with Gasteiger partial charge in [-0.15, -0.1) is 0 Å². The molecule has 6 nitrogen and oxygen atoms in total. The van der Waals surface area contributed by atoms with E-state index in [1.807, 2.05) is 38.1 Å². The molecule has 0 spiro atoms. The Kier molecular flexibility index (Phi) is 6.82. The molecule has 1 atom stereocenters. The summed E-state index contributed by atoms with van der Waals surface area (Å²) in [5.41, 5.74) is 2.15. The molecule has 0 aromatic heterocycles. The molecule has 29 heavy (non-hydrogen) atoms. The van der Waals surface area contributed by atoms with Crippen LogP contribution in [-0.2, 0) is 9.59 Å². The van der Waals surface area contributed by atoms with Gasteiger partial charge < -0.3 is 10.1 Å². The molecule has 3 rings (SSSR count). The molecule has 1 aliphatic rings. The zero-order valence-corrected chi connectivity index (χ0v) is 18.0. The van der Waals surface area contributed by atoms with Gasteiger partial charge in [0.05, 0.1) is 18.5 Å². The number of ether oxygens (including phenoxy) is 1. The van der Waals surface area contributed by atoms with Gasteiger partial charge in [-0.1, -0.05) is 41.6 Å². The third kappa shape index (κ3) is 4.92. The molecule has 1 N–H and O–H groups in total. The van der Waals surface area contributed by atoms with Crippen LogP contribution in [0.2, 0.25) is 5.02 Å². The average Bonchev–Trinajstić information content (AvgIpc) is 2.71. The number of amidine groups is 1. The van der Waals surface area contributed by atoms with Crippen LogP contribution in [-0.4, -0.2) is 40.8 Å². The fourth-order valence-electron chi connectivity index (χ4n) is 2.88. The molecule has 1 heterocycles. The number of benzene rings is 2. The predicted molar refractivity (Wildman–Crippen MR) is 118 cm³/mol. The minimum Gasteiger partial charge on any atom is -0.495 e. The zero-order valence-electron chi connectivity index (χ0n) is 16.4. The van der Waals surface area contributed by atoms with E-state index in [9.17, 15) is 9.59 Å². The van der Waals surface area contributed by atoms with Gasteiger partial charge in [-0.25, -0.2) is 4.99 Å². The summed E-state index contributed by atoms with van der Waals surface area (Å²) in [7, 11) is 1.54. The van der Waals surface area contributed by atoms with E-state index in [2.05, 4.69) is 10.3 Å². The minimum atomic E-state index is -0.588. The van der Waals surface area contributed by atoms with Crippen molar-refractivity contribution < 1.29 is 14.3 Å². The summed E-state index contributed by atoms with van der Waals surface area (Å²) >= 11 is 7.47. The first-order chi connectivity index (χ1) is 13.9. The quantitative estimate of drug-likeness (QED) is 0.748. The molecule has 1 unspecified atom stereocenters. The highest BCUT2D eigenvalue weighted by atomic mass is 35.5. The molecule has 1 saturated heterocycles. The Morgan fingerprint density at radius 3 is 2.79 bits per heavy atom. The van der Waals surface area contributed by atoms with Crippen molar-refractivity contribution in [3.8, 4) is 5.75 Å². The Bertz CT molecular complexity index is 964. The number of amides is 2. The lowest BCUT2D eigenvalue weighted by Crippen LogP contribution is -2.45. The molecule has 0 aliphatic carbocycles. The van der Waals surface area contributed by atoms with Crippen LogP contribution in [0.5, 0.6) is 5.75 Å². The van der Waals surface area contributed by atoms with Gasteiger partial charge in [0.1, 0.15) is 11.0 Å². The van der Waals surface area contributed by atoms with E-state index >= 15 is 0 Å². The first-order valence-electron chi connectivity index (χ1n) is 9.18. The molecule has 2 aromatic rings. The van der Waals surface area contributed by atoms with Gasteiger partial charge in [-0.2, -0.15) is 0 Å². The van der Waals surface area contributed by atoms with E-state index < -0.39 is 5.25 Å². The van der Waals surface area contributed by atoms with E-state index in [1.54, 1.807) is 30.2 Å². The smallest absolute Gasteiger partial charge is 0.238 e. The minimum absolute atomic E-state index is 0.104. The van der Waals surface area contributed by atoms with Gasteiger partial charge in [0, 0.05) is 18.0 Å². The predicted octanol–water partition coefficient (Wildman–Crippen LogP) is 4.64. The summed E-state index contributed by atoms with van der Waals surface area (Å²) in [6, 6.07) is 12.6. The van der Waals surface area contributed by atoms with Gasteiger partial charge >= 0.3 is 0 Å². The van der Waals surface area contributed by atoms with Crippen molar-refractivity contribution in [2.24, 2.45) is 4.99 Å². The number of rotatable bonds is 5. The van der Waals surface area contributed by atoms with Crippen molar-refractivity contribution in [3.05, 3.63) is 53.1 Å². The summed E-state index contributed by atoms with van der Waals surface area (Å²) in [4.78, 5) is 31.7. The number of halogens is 1. The number of carbonyl (C=O) groups excluding carboxylic acids is 2. The summed E-state index contributed by atoms with van der Waals surface area (Å²) < 4.78 is 5.28. The summed E-state index contributed by atoms with van der Waals surface area (Å²) in [5, 5.41) is 3.36. The Hall–Kier alpha value is -2.51. The van der Waals surface area contributed by atoms with Gasteiger partial charge in [0.25, 0.3) is 0 Å². The van der Waals surface area contributed by atoms with Crippen molar-refractivity contribution in [3.63, 3.8) is 0 Å². The van der Waals surface area contributed by atoms with Crippen LogP contribution in [0, 0.1) is 6.92 Å². The molecule has 2 aromatic carbocycles. The van der Waals surface area contributed by atoms with Crippen molar-refractivity contribution in [2.75, 3.05) is 19.0 Å². The fourth-order valence-corrected chi connectivity index (χ4v) is 4.21. The third-order valence-corrected chi connectivity index (χ3v) is 6.09. The maximum Gasteiger partial charge on any atom is 0.238 e. The van der Waals surface area contributed by atoms with Crippen LogP contribution in [0.4, 0.5) is 11.4 Å². The average molecular weight is 432 g/mol. The summed E-state index contributed by atoms with van der Waals surface area (Å²) in [6.07, 6.45) is 0.104. The molecule has 1 aliphatic heterocycles. The topological polar surface area (TPSA) is 71.0 Å². The van der Waals surface area contributed by atoms with Crippen molar-refractivity contribution >= 4 is 51.7 Å². The molecule has 8 heteroatoms. The molecular formula is C21H22ClN3O3S. The molecule has 0 saturated carbocycles. The zero-order chi connectivity index (χ0) is 21.0. The monoisotopic (exact) mass is 431 g/mol. The normalized spacial score (nSPS) is 18.1. The van der Waals surface area contributed by atoms with E-state index in [0.29, 0.717) is 33.9 Å². The van der Waals surface area contributed by atoms with Crippen LogP contribution in [0.1, 0.15) is 18.9 Å². The maximum absolute atomic E-state index is 12.8. The highest BCUT2D eigenvalue weighted by Gasteiger charge is 2.35. The van der Waals surface area contributed by atoms with Crippen molar-refractivity contribution in [1.82, 2.24) is 4.90 Å². The molecule has 0 radical (unpaired) electrons. The van der Waals surface area contributed by atoms with Crippen LogP contribution in [0.3, 0.4) is 0 Å². The lowest BCUT2D eigenvalue weighted by Gasteiger charge is -2.31. The first kappa shape index (κ1) is 21.2. The largest absolute Gasteiger partial charge is 0.495 e. The lowest BCUT2D eigenvalue weighted by atomic mass is 10.2. The Balaban J connectivity index is 1.84. The van der Waals surface area contributed by atoms with E-state index in [0.717, 1.165) is 5.56 Å². The maximum atomic E-state index is 12.8. The fraction of sp³-hybridized carbons (Fsp3) is 0.286. The second-order valence-electron chi connectivity index (χ2n) is 6.47. The van der Waals surface area contributed by atoms with Crippen LogP contribution >= 0.6 is 23.4 Å². The van der Waals surface area contributed by atoms with E-state index in [-0.39, 0.29) is 18.2 Å².